The lowest BCUT2D eigenvalue weighted by Gasteiger charge is -2.28. The van der Waals surface area contributed by atoms with Gasteiger partial charge in [-0.2, -0.15) is 0 Å². The Morgan fingerprint density at radius 1 is 1.23 bits per heavy atom. The topological polar surface area (TPSA) is 54.0 Å². The van der Waals surface area contributed by atoms with Gasteiger partial charge in [0.15, 0.2) is 5.79 Å². The number of allylic oxidation sites excluding steroid dienone is 1. The monoisotopic (exact) mass is 360 g/mol. The fourth-order valence-electron chi connectivity index (χ4n) is 3.38. The van der Waals surface area contributed by atoms with Crippen LogP contribution in [0.4, 0.5) is 0 Å². The van der Waals surface area contributed by atoms with Gasteiger partial charge in [0.2, 0.25) is 0 Å². The number of hydrogen-bond donors (Lipinski definition) is 0. The Kier molecular flexibility index (Phi) is 5.68. The van der Waals surface area contributed by atoms with E-state index in [2.05, 4.69) is 12.1 Å². The van der Waals surface area contributed by atoms with E-state index in [0.717, 1.165) is 24.2 Å². The number of carbonyl (C=O) groups is 1. The third-order valence-electron chi connectivity index (χ3n) is 4.71. The number of rotatable bonds is 7. The summed E-state index contributed by atoms with van der Waals surface area (Å²) in [5.41, 5.74) is 2.37. The van der Waals surface area contributed by atoms with Gasteiger partial charge >= 0.3 is 5.97 Å². The first kappa shape index (κ1) is 18.9. The maximum atomic E-state index is 11.7. The van der Waals surface area contributed by atoms with Gasteiger partial charge in [-0.1, -0.05) is 30.3 Å². The number of ether oxygens (including phenoxy) is 4. The minimum absolute atomic E-state index is 0.117. The first-order chi connectivity index (χ1) is 12.4. The zero-order valence-corrected chi connectivity index (χ0v) is 16.0. The largest absolute Gasteiger partial charge is 0.487 e. The molecule has 5 nitrogen and oxygen atoms in total. The third kappa shape index (κ3) is 4.65. The lowest BCUT2D eigenvalue weighted by Crippen LogP contribution is -2.36. The summed E-state index contributed by atoms with van der Waals surface area (Å²) in [5, 5.41) is 0. The molecule has 142 valence electrons. The Morgan fingerprint density at radius 3 is 2.46 bits per heavy atom. The van der Waals surface area contributed by atoms with Gasteiger partial charge in [-0.3, -0.25) is 4.79 Å². The maximum absolute atomic E-state index is 11.7. The fraction of sp³-hybridized carbons (Fsp3) is 0.571. The van der Waals surface area contributed by atoms with Gasteiger partial charge in [-0.15, -0.1) is 0 Å². The summed E-state index contributed by atoms with van der Waals surface area (Å²) in [5.74, 6) is 0.0158. The third-order valence-corrected chi connectivity index (χ3v) is 4.71. The second-order valence-corrected chi connectivity index (χ2v) is 7.38. The van der Waals surface area contributed by atoms with Gasteiger partial charge in [-0.05, 0) is 45.6 Å². The van der Waals surface area contributed by atoms with Crippen molar-refractivity contribution in [1.82, 2.24) is 0 Å². The van der Waals surface area contributed by atoms with Crippen molar-refractivity contribution in [3.63, 3.8) is 0 Å². The molecule has 0 spiro atoms. The molecule has 0 bridgehead atoms. The highest BCUT2D eigenvalue weighted by molar-refractivity contribution is 5.69. The number of benzene rings is 1. The smallest absolute Gasteiger partial charge is 0.305 e. The standard InChI is InChI=1S/C21H28O5/c1-14-19(26-21(2,3)25-14)17(12-13-18(22)23-4)24-20(16-10-11-16)15-8-6-5-7-9-15/h5-9,14,17,19H,10-13H2,1-4H3/t14-,17?,19-/m1/s1. The maximum Gasteiger partial charge on any atom is 0.305 e. The molecule has 2 fully saturated rings. The van der Waals surface area contributed by atoms with Crippen molar-refractivity contribution < 1.29 is 23.7 Å². The highest BCUT2D eigenvalue weighted by Gasteiger charge is 2.44. The van der Waals surface area contributed by atoms with Crippen LogP contribution >= 0.6 is 0 Å². The van der Waals surface area contributed by atoms with Crippen molar-refractivity contribution in [1.29, 1.82) is 0 Å². The Balaban J connectivity index is 1.81. The molecule has 1 aromatic carbocycles. The van der Waals surface area contributed by atoms with Crippen molar-refractivity contribution in [2.75, 3.05) is 7.11 Å². The second kappa shape index (κ2) is 7.80. The summed E-state index contributed by atoms with van der Waals surface area (Å²) in [6.45, 7) is 5.79. The van der Waals surface area contributed by atoms with E-state index in [1.165, 1.54) is 12.7 Å². The molecule has 1 saturated carbocycles. The number of esters is 1. The van der Waals surface area contributed by atoms with Gasteiger partial charge in [0.1, 0.15) is 18.0 Å². The van der Waals surface area contributed by atoms with E-state index in [0.29, 0.717) is 6.42 Å². The molecule has 0 amide bonds. The molecule has 1 saturated heterocycles. The van der Waals surface area contributed by atoms with Crippen LogP contribution in [0.15, 0.2) is 35.9 Å². The zero-order chi connectivity index (χ0) is 18.7. The molecule has 0 N–H and O–H groups in total. The van der Waals surface area contributed by atoms with E-state index in [1.807, 2.05) is 39.0 Å². The van der Waals surface area contributed by atoms with Crippen LogP contribution in [0.25, 0.3) is 5.76 Å². The molecule has 1 unspecified atom stereocenters. The number of carbonyl (C=O) groups excluding carboxylic acids is 1. The van der Waals surface area contributed by atoms with Crippen LogP contribution < -0.4 is 0 Å². The minimum atomic E-state index is -0.656. The first-order valence-corrected chi connectivity index (χ1v) is 9.26. The SMILES string of the molecule is COC(=O)CCC(OC(=C1CC1)c1ccccc1)[C@@H]1OC(C)(C)O[C@@H]1C. The van der Waals surface area contributed by atoms with Gasteiger partial charge in [-0.25, -0.2) is 0 Å². The number of methoxy groups -OCH3 is 1. The Hall–Kier alpha value is -1.85. The molecular weight excluding hydrogens is 332 g/mol. The predicted molar refractivity (Wildman–Crippen MR) is 98.2 cm³/mol. The Morgan fingerprint density at radius 2 is 1.92 bits per heavy atom. The van der Waals surface area contributed by atoms with Crippen molar-refractivity contribution in [2.45, 2.75) is 70.6 Å². The van der Waals surface area contributed by atoms with Crippen LogP contribution in [0.1, 0.15) is 52.0 Å². The molecule has 26 heavy (non-hydrogen) atoms. The molecule has 1 aliphatic carbocycles. The molecule has 0 aromatic heterocycles. The van der Waals surface area contributed by atoms with E-state index in [-0.39, 0.29) is 30.7 Å². The summed E-state index contributed by atoms with van der Waals surface area (Å²) < 4.78 is 23.3. The second-order valence-electron chi connectivity index (χ2n) is 7.38. The van der Waals surface area contributed by atoms with Gasteiger partial charge < -0.3 is 18.9 Å². The average molecular weight is 360 g/mol. The molecule has 1 heterocycles. The first-order valence-electron chi connectivity index (χ1n) is 9.26. The van der Waals surface area contributed by atoms with Crippen LogP contribution in [0.3, 0.4) is 0 Å². The quantitative estimate of drug-likeness (QED) is 0.542. The Bertz CT molecular complexity index is 658. The predicted octanol–water partition coefficient (Wildman–Crippen LogP) is 4.07. The van der Waals surface area contributed by atoms with Crippen LogP contribution in [0, 0.1) is 0 Å². The van der Waals surface area contributed by atoms with E-state index in [4.69, 9.17) is 18.9 Å². The molecule has 0 radical (unpaired) electrons. The van der Waals surface area contributed by atoms with E-state index >= 15 is 0 Å². The highest BCUT2D eigenvalue weighted by Crippen LogP contribution is 2.40. The summed E-state index contributed by atoms with van der Waals surface area (Å²) >= 11 is 0. The Labute approximate surface area is 155 Å². The lowest BCUT2D eigenvalue weighted by molar-refractivity contribution is -0.155. The summed E-state index contributed by atoms with van der Waals surface area (Å²) in [7, 11) is 1.40. The summed E-state index contributed by atoms with van der Waals surface area (Å²) in [6.07, 6.45) is 2.26. The van der Waals surface area contributed by atoms with Crippen LogP contribution in [-0.2, 0) is 23.7 Å². The summed E-state index contributed by atoms with van der Waals surface area (Å²) in [6, 6.07) is 10.1. The normalized spacial score (nSPS) is 24.8. The van der Waals surface area contributed by atoms with Gasteiger partial charge in [0, 0.05) is 12.0 Å². The van der Waals surface area contributed by atoms with E-state index in [1.54, 1.807) is 0 Å². The van der Waals surface area contributed by atoms with Crippen molar-refractivity contribution in [3.8, 4) is 0 Å². The fourth-order valence-corrected chi connectivity index (χ4v) is 3.38. The molecule has 1 aliphatic heterocycles. The van der Waals surface area contributed by atoms with Crippen molar-refractivity contribution in [2.24, 2.45) is 0 Å². The molecule has 3 atom stereocenters. The highest BCUT2D eigenvalue weighted by atomic mass is 16.8. The summed E-state index contributed by atoms with van der Waals surface area (Å²) in [4.78, 5) is 11.7. The molecule has 3 rings (SSSR count). The molecule has 1 aromatic rings. The van der Waals surface area contributed by atoms with Crippen LogP contribution in [0.5, 0.6) is 0 Å². The molecule has 2 aliphatic rings. The van der Waals surface area contributed by atoms with E-state index in [9.17, 15) is 4.79 Å². The minimum Gasteiger partial charge on any atom is -0.487 e. The molecular formula is C21H28O5. The molecule has 5 heteroatoms. The van der Waals surface area contributed by atoms with Crippen molar-refractivity contribution in [3.05, 3.63) is 41.5 Å². The average Bonchev–Trinajstić information content (AvgIpc) is 3.41. The van der Waals surface area contributed by atoms with Crippen molar-refractivity contribution >= 4 is 11.7 Å². The number of hydrogen-bond acceptors (Lipinski definition) is 5. The van der Waals surface area contributed by atoms with Gasteiger partial charge in [0.25, 0.3) is 0 Å². The lowest BCUT2D eigenvalue weighted by atomic mass is 10.0. The van der Waals surface area contributed by atoms with Crippen LogP contribution in [0.2, 0.25) is 0 Å². The van der Waals surface area contributed by atoms with Gasteiger partial charge in [0.05, 0.1) is 13.2 Å². The zero-order valence-electron chi connectivity index (χ0n) is 16.0. The van der Waals surface area contributed by atoms with E-state index < -0.39 is 5.79 Å². The van der Waals surface area contributed by atoms with Crippen LogP contribution in [-0.4, -0.2) is 37.2 Å².